The fourth-order valence-corrected chi connectivity index (χ4v) is 3.97. The molecular weight excluding hydrogens is 296 g/mol. The molecule has 2 fully saturated rings. The van der Waals surface area contributed by atoms with Crippen LogP contribution in [0.2, 0.25) is 0 Å². The van der Waals surface area contributed by atoms with E-state index in [9.17, 15) is 15.2 Å². The Morgan fingerprint density at radius 1 is 1.43 bits per heavy atom. The first-order valence-electron chi connectivity index (χ1n) is 8.30. The van der Waals surface area contributed by atoms with Gasteiger partial charge in [0, 0.05) is 37.1 Å². The molecule has 1 aromatic carbocycles. The van der Waals surface area contributed by atoms with Crippen LogP contribution in [0.3, 0.4) is 0 Å². The maximum Gasteiger partial charge on any atom is 0.269 e. The van der Waals surface area contributed by atoms with Crippen LogP contribution in [-0.4, -0.2) is 46.8 Å². The van der Waals surface area contributed by atoms with Crippen molar-refractivity contribution >= 4 is 5.69 Å². The Labute approximate surface area is 136 Å². The van der Waals surface area contributed by atoms with E-state index in [-0.39, 0.29) is 28.2 Å². The minimum atomic E-state index is -0.355. The van der Waals surface area contributed by atoms with Gasteiger partial charge in [-0.2, -0.15) is 0 Å². The van der Waals surface area contributed by atoms with Crippen LogP contribution in [0.5, 0.6) is 0 Å². The molecule has 0 amide bonds. The van der Waals surface area contributed by atoms with Gasteiger partial charge in [-0.1, -0.05) is 12.1 Å². The van der Waals surface area contributed by atoms with Gasteiger partial charge < -0.3 is 9.84 Å². The van der Waals surface area contributed by atoms with Crippen molar-refractivity contribution in [2.75, 3.05) is 19.7 Å². The average molecular weight is 320 g/mol. The number of hydrogen-bond donors (Lipinski definition) is 1. The summed E-state index contributed by atoms with van der Waals surface area (Å²) in [7, 11) is 0. The number of nitrogens with zero attached hydrogens (tertiary/aromatic N) is 2. The Bertz CT molecular complexity index is 567. The molecule has 0 bridgehead atoms. The highest BCUT2D eigenvalue weighted by Crippen LogP contribution is 2.51. The standard InChI is InChI=1S/C17H24N2O4/c1-2-23-16-11-15(20)17(16)6-8-18(9-7-17)12-13-4-3-5-14(10-13)19(21)22/h3-5,10,15-16,20H,2,6-9,11-12H2,1H3. The molecule has 126 valence electrons. The van der Waals surface area contributed by atoms with Gasteiger partial charge in [0.1, 0.15) is 0 Å². The minimum Gasteiger partial charge on any atom is -0.392 e. The quantitative estimate of drug-likeness (QED) is 0.666. The second kappa shape index (κ2) is 6.55. The number of piperidine rings is 1. The lowest BCUT2D eigenvalue weighted by Gasteiger charge is -2.56. The lowest BCUT2D eigenvalue weighted by Crippen LogP contribution is -2.62. The van der Waals surface area contributed by atoms with Crippen LogP contribution in [0.15, 0.2) is 24.3 Å². The molecule has 23 heavy (non-hydrogen) atoms. The number of hydrogen-bond acceptors (Lipinski definition) is 5. The van der Waals surface area contributed by atoms with E-state index < -0.39 is 0 Å². The molecule has 1 aliphatic heterocycles. The van der Waals surface area contributed by atoms with Crippen molar-refractivity contribution < 1.29 is 14.8 Å². The number of aliphatic hydroxyl groups is 1. The molecule has 0 radical (unpaired) electrons. The summed E-state index contributed by atoms with van der Waals surface area (Å²) < 4.78 is 5.78. The summed E-state index contributed by atoms with van der Waals surface area (Å²) in [5.74, 6) is 0. The number of likely N-dealkylation sites (tertiary alicyclic amines) is 1. The molecular formula is C17H24N2O4. The monoisotopic (exact) mass is 320 g/mol. The molecule has 6 nitrogen and oxygen atoms in total. The lowest BCUT2D eigenvalue weighted by atomic mass is 9.58. The van der Waals surface area contributed by atoms with Crippen LogP contribution in [-0.2, 0) is 11.3 Å². The van der Waals surface area contributed by atoms with Gasteiger partial charge in [0.05, 0.1) is 17.1 Å². The van der Waals surface area contributed by atoms with Crippen molar-refractivity contribution in [3.63, 3.8) is 0 Å². The molecule has 1 saturated carbocycles. The van der Waals surface area contributed by atoms with E-state index in [1.807, 2.05) is 13.0 Å². The SMILES string of the molecule is CCOC1CC(O)C12CCN(Cc1cccc([N+](=O)[O-])c1)CC2. The highest BCUT2D eigenvalue weighted by Gasteiger charge is 2.55. The Morgan fingerprint density at radius 3 is 2.78 bits per heavy atom. The van der Waals surface area contributed by atoms with E-state index in [4.69, 9.17) is 4.74 Å². The highest BCUT2D eigenvalue weighted by atomic mass is 16.6. The third-order valence-corrected chi connectivity index (χ3v) is 5.42. The zero-order valence-corrected chi connectivity index (χ0v) is 13.5. The maximum absolute atomic E-state index is 10.9. The van der Waals surface area contributed by atoms with Gasteiger partial charge in [0.25, 0.3) is 5.69 Å². The molecule has 1 aliphatic carbocycles. The van der Waals surface area contributed by atoms with Crippen molar-refractivity contribution in [1.29, 1.82) is 0 Å². The van der Waals surface area contributed by atoms with Crippen molar-refractivity contribution in [2.45, 2.75) is 44.9 Å². The highest BCUT2D eigenvalue weighted by molar-refractivity contribution is 5.34. The van der Waals surface area contributed by atoms with Crippen LogP contribution in [0, 0.1) is 15.5 Å². The Hall–Kier alpha value is -1.50. The van der Waals surface area contributed by atoms with Crippen LogP contribution >= 0.6 is 0 Å². The molecule has 1 spiro atoms. The Balaban J connectivity index is 1.59. The van der Waals surface area contributed by atoms with Crippen LogP contribution in [0.4, 0.5) is 5.69 Å². The van der Waals surface area contributed by atoms with Gasteiger partial charge in [0.2, 0.25) is 0 Å². The van der Waals surface area contributed by atoms with E-state index in [1.165, 1.54) is 6.07 Å². The van der Waals surface area contributed by atoms with Gasteiger partial charge in [-0.05, 0) is 38.4 Å². The zero-order chi connectivity index (χ0) is 16.4. The summed E-state index contributed by atoms with van der Waals surface area (Å²) in [6, 6.07) is 6.83. The summed E-state index contributed by atoms with van der Waals surface area (Å²) in [4.78, 5) is 12.8. The molecule has 6 heteroatoms. The van der Waals surface area contributed by atoms with E-state index in [1.54, 1.807) is 12.1 Å². The number of non-ortho nitro benzene ring substituents is 1. The topological polar surface area (TPSA) is 75.8 Å². The van der Waals surface area contributed by atoms with Gasteiger partial charge >= 0.3 is 0 Å². The molecule has 1 N–H and O–H groups in total. The van der Waals surface area contributed by atoms with Gasteiger partial charge in [0.15, 0.2) is 0 Å². The molecule has 1 heterocycles. The predicted molar refractivity (Wildman–Crippen MR) is 86.1 cm³/mol. The Morgan fingerprint density at radius 2 is 2.17 bits per heavy atom. The van der Waals surface area contributed by atoms with Gasteiger partial charge in [-0.3, -0.25) is 15.0 Å². The van der Waals surface area contributed by atoms with E-state index in [0.29, 0.717) is 13.2 Å². The van der Waals surface area contributed by atoms with Crippen molar-refractivity contribution in [2.24, 2.45) is 5.41 Å². The second-order valence-electron chi connectivity index (χ2n) is 6.63. The van der Waals surface area contributed by atoms with Crippen molar-refractivity contribution in [3.05, 3.63) is 39.9 Å². The van der Waals surface area contributed by atoms with Crippen LogP contribution < -0.4 is 0 Å². The fraction of sp³-hybridized carbons (Fsp3) is 0.647. The first kappa shape index (κ1) is 16.4. The third-order valence-electron chi connectivity index (χ3n) is 5.42. The number of rotatable bonds is 5. The summed E-state index contributed by atoms with van der Waals surface area (Å²) >= 11 is 0. The molecule has 1 aromatic rings. The number of benzene rings is 1. The summed E-state index contributed by atoms with van der Waals surface area (Å²) in [5, 5.41) is 21.1. The number of nitro groups is 1. The summed E-state index contributed by atoms with van der Waals surface area (Å²) in [6.45, 7) is 5.19. The summed E-state index contributed by atoms with van der Waals surface area (Å²) in [6.07, 6.45) is 2.53. The molecule has 0 aromatic heterocycles. The first-order valence-corrected chi connectivity index (χ1v) is 8.30. The van der Waals surface area contributed by atoms with E-state index in [2.05, 4.69) is 4.90 Å². The lowest BCUT2D eigenvalue weighted by molar-refractivity contribution is -0.384. The number of ether oxygens (including phenoxy) is 1. The average Bonchev–Trinajstić information content (AvgIpc) is 2.55. The molecule has 2 unspecified atom stereocenters. The molecule has 2 aliphatic rings. The fourth-order valence-electron chi connectivity index (χ4n) is 3.97. The first-order chi connectivity index (χ1) is 11.0. The maximum atomic E-state index is 10.9. The zero-order valence-electron chi connectivity index (χ0n) is 13.5. The third kappa shape index (κ3) is 3.11. The molecule has 3 rings (SSSR count). The number of aliphatic hydroxyl groups excluding tert-OH is 1. The minimum absolute atomic E-state index is 0.0742. The van der Waals surface area contributed by atoms with E-state index >= 15 is 0 Å². The normalized spacial score (nSPS) is 26.9. The molecule has 2 atom stereocenters. The smallest absolute Gasteiger partial charge is 0.269 e. The predicted octanol–water partition coefficient (Wildman–Crippen LogP) is 2.35. The Kier molecular flexibility index (Phi) is 4.66. The van der Waals surface area contributed by atoms with Crippen molar-refractivity contribution in [3.8, 4) is 0 Å². The summed E-state index contributed by atoms with van der Waals surface area (Å²) in [5.41, 5.74) is 1.03. The van der Waals surface area contributed by atoms with Crippen molar-refractivity contribution in [1.82, 2.24) is 4.90 Å². The van der Waals surface area contributed by atoms with Gasteiger partial charge in [-0.15, -0.1) is 0 Å². The second-order valence-corrected chi connectivity index (χ2v) is 6.63. The van der Waals surface area contributed by atoms with E-state index in [0.717, 1.165) is 37.9 Å². The molecule has 1 saturated heterocycles. The van der Waals surface area contributed by atoms with Gasteiger partial charge in [-0.25, -0.2) is 0 Å². The van der Waals surface area contributed by atoms with Crippen LogP contribution in [0.1, 0.15) is 31.7 Å². The largest absolute Gasteiger partial charge is 0.392 e. The van der Waals surface area contributed by atoms with Crippen LogP contribution in [0.25, 0.3) is 0 Å². The number of nitro benzene ring substituents is 1.